The molecule has 0 unspecified atom stereocenters. The van der Waals surface area contributed by atoms with Crippen LogP contribution in [-0.2, 0) is 4.79 Å². The Morgan fingerprint density at radius 2 is 1.94 bits per heavy atom. The molecule has 0 saturated carbocycles. The van der Waals surface area contributed by atoms with Gasteiger partial charge in [-0.1, -0.05) is 18.2 Å². The van der Waals surface area contributed by atoms with E-state index in [0.717, 1.165) is 5.69 Å². The van der Waals surface area contributed by atoms with Gasteiger partial charge in [0.05, 0.1) is 18.2 Å². The predicted octanol–water partition coefficient (Wildman–Crippen LogP) is 4.19. The lowest BCUT2D eigenvalue weighted by Gasteiger charge is -2.12. The highest BCUT2D eigenvalue weighted by Crippen LogP contribution is 2.23. The van der Waals surface area contributed by atoms with Crippen LogP contribution in [-0.4, -0.2) is 28.0 Å². The molecule has 1 N–H and O–H groups in total. The summed E-state index contributed by atoms with van der Waals surface area (Å²) >= 11 is 0. The molecule has 31 heavy (non-hydrogen) atoms. The van der Waals surface area contributed by atoms with Gasteiger partial charge in [0.2, 0.25) is 0 Å². The second kappa shape index (κ2) is 9.08. The Morgan fingerprint density at radius 3 is 2.65 bits per heavy atom. The van der Waals surface area contributed by atoms with Gasteiger partial charge in [-0.25, -0.2) is 14.5 Å². The summed E-state index contributed by atoms with van der Waals surface area (Å²) in [6.45, 7) is 1.58. The first-order valence-corrected chi connectivity index (χ1v) is 9.54. The number of hydrazone groups is 1. The number of rotatable bonds is 7. The zero-order chi connectivity index (χ0) is 21.6. The maximum Gasteiger partial charge on any atom is 0.280 e. The number of nitrogens with zero attached hydrogens (tertiary/aromatic N) is 3. The molecule has 0 radical (unpaired) electrons. The van der Waals surface area contributed by atoms with Crippen LogP contribution >= 0.6 is 0 Å². The van der Waals surface area contributed by atoms with Gasteiger partial charge < -0.3 is 9.15 Å². The SMILES string of the molecule is C[C@@H](Oc1ccc(F)cc1)C(=O)N/N=C\c1cn(-c2ccccc2)nc1-c1ccco1. The molecule has 2 heterocycles. The van der Waals surface area contributed by atoms with E-state index in [1.54, 1.807) is 36.2 Å². The number of furan rings is 1. The number of benzene rings is 2. The number of amides is 1. The van der Waals surface area contributed by atoms with E-state index in [0.29, 0.717) is 22.8 Å². The molecule has 0 spiro atoms. The second-order valence-corrected chi connectivity index (χ2v) is 6.64. The molecule has 0 fully saturated rings. The second-order valence-electron chi connectivity index (χ2n) is 6.64. The van der Waals surface area contributed by atoms with Crippen LogP contribution in [0.2, 0.25) is 0 Å². The highest BCUT2D eigenvalue weighted by molar-refractivity contribution is 5.89. The zero-order valence-corrected chi connectivity index (χ0v) is 16.6. The fraction of sp³-hybridized carbons (Fsp3) is 0.0870. The van der Waals surface area contributed by atoms with Gasteiger partial charge in [-0.3, -0.25) is 4.79 Å². The first-order chi connectivity index (χ1) is 15.1. The highest BCUT2D eigenvalue weighted by Gasteiger charge is 2.15. The highest BCUT2D eigenvalue weighted by atomic mass is 19.1. The molecule has 0 saturated heterocycles. The third kappa shape index (κ3) is 4.87. The first kappa shape index (κ1) is 20.1. The van der Waals surface area contributed by atoms with Crippen molar-refractivity contribution in [3.8, 4) is 22.9 Å². The van der Waals surface area contributed by atoms with E-state index in [4.69, 9.17) is 9.15 Å². The van der Waals surface area contributed by atoms with Crippen LogP contribution in [0, 0.1) is 5.82 Å². The van der Waals surface area contributed by atoms with E-state index >= 15 is 0 Å². The van der Waals surface area contributed by atoms with E-state index in [2.05, 4.69) is 15.6 Å². The third-order valence-electron chi connectivity index (χ3n) is 4.39. The molecule has 7 nitrogen and oxygen atoms in total. The first-order valence-electron chi connectivity index (χ1n) is 9.54. The summed E-state index contributed by atoms with van der Waals surface area (Å²) in [6.07, 6.45) is 4.03. The maximum absolute atomic E-state index is 13.0. The average Bonchev–Trinajstić information content (AvgIpc) is 3.46. The molecule has 0 aliphatic carbocycles. The third-order valence-corrected chi connectivity index (χ3v) is 4.39. The van der Waals surface area contributed by atoms with Crippen LogP contribution in [0.3, 0.4) is 0 Å². The molecule has 1 amide bonds. The monoisotopic (exact) mass is 418 g/mol. The molecule has 156 valence electrons. The molecule has 0 bridgehead atoms. The van der Waals surface area contributed by atoms with Crippen LogP contribution in [0.15, 0.2) is 88.7 Å². The fourth-order valence-corrected chi connectivity index (χ4v) is 2.83. The fourth-order valence-electron chi connectivity index (χ4n) is 2.83. The molecule has 0 aliphatic rings. The number of hydrogen-bond donors (Lipinski definition) is 1. The Bertz CT molecular complexity index is 1170. The molecule has 8 heteroatoms. The van der Waals surface area contributed by atoms with Crippen molar-refractivity contribution in [3.63, 3.8) is 0 Å². The number of carbonyl (C=O) groups is 1. The van der Waals surface area contributed by atoms with Gasteiger partial charge in [0, 0.05) is 11.8 Å². The van der Waals surface area contributed by atoms with Crippen molar-refractivity contribution in [2.45, 2.75) is 13.0 Å². The van der Waals surface area contributed by atoms with E-state index in [1.165, 1.54) is 30.5 Å². The summed E-state index contributed by atoms with van der Waals surface area (Å²) in [5, 5.41) is 8.62. The van der Waals surface area contributed by atoms with Crippen molar-refractivity contribution in [1.29, 1.82) is 0 Å². The van der Waals surface area contributed by atoms with Gasteiger partial charge in [0.25, 0.3) is 5.91 Å². The van der Waals surface area contributed by atoms with Crippen molar-refractivity contribution in [3.05, 3.63) is 90.6 Å². The minimum Gasteiger partial charge on any atom is -0.481 e. The number of ether oxygens (including phenoxy) is 1. The van der Waals surface area contributed by atoms with Gasteiger partial charge in [-0.2, -0.15) is 10.2 Å². The van der Waals surface area contributed by atoms with Gasteiger partial charge in [0.1, 0.15) is 17.3 Å². The summed E-state index contributed by atoms with van der Waals surface area (Å²) < 4.78 is 25.7. The molecule has 0 aliphatic heterocycles. The standard InChI is InChI=1S/C23H19FN4O3/c1-16(31-20-11-9-18(24)10-12-20)23(29)26-25-14-17-15-28(19-6-3-2-4-7-19)27-22(17)21-8-5-13-30-21/h2-16H,1H3,(H,26,29)/b25-14-/t16-/m1/s1. The molecule has 4 aromatic rings. The van der Waals surface area contributed by atoms with E-state index in [1.807, 2.05) is 30.3 Å². The molecule has 4 rings (SSSR count). The van der Waals surface area contributed by atoms with Crippen LogP contribution in [0.5, 0.6) is 5.75 Å². The summed E-state index contributed by atoms with van der Waals surface area (Å²) in [7, 11) is 0. The van der Waals surface area contributed by atoms with E-state index in [9.17, 15) is 9.18 Å². The van der Waals surface area contributed by atoms with Crippen molar-refractivity contribution < 1.29 is 18.3 Å². The summed E-state index contributed by atoms with van der Waals surface area (Å²) in [5.74, 6) is 0.140. The molecular formula is C23H19FN4O3. The van der Waals surface area contributed by atoms with Gasteiger partial charge in [-0.15, -0.1) is 0 Å². The van der Waals surface area contributed by atoms with Crippen molar-refractivity contribution in [2.75, 3.05) is 0 Å². The summed E-state index contributed by atoms with van der Waals surface area (Å²) in [6, 6.07) is 18.6. The molecular weight excluding hydrogens is 399 g/mol. The Hall–Kier alpha value is -4.20. The smallest absolute Gasteiger partial charge is 0.280 e. The lowest BCUT2D eigenvalue weighted by Crippen LogP contribution is -2.33. The number of carbonyl (C=O) groups excluding carboxylic acids is 1. The minimum absolute atomic E-state index is 0.377. The summed E-state index contributed by atoms with van der Waals surface area (Å²) in [4.78, 5) is 12.3. The van der Waals surface area contributed by atoms with E-state index < -0.39 is 12.0 Å². The largest absolute Gasteiger partial charge is 0.481 e. The topological polar surface area (TPSA) is 81.6 Å². The molecule has 2 aromatic heterocycles. The predicted molar refractivity (Wildman–Crippen MR) is 113 cm³/mol. The Morgan fingerprint density at radius 1 is 1.16 bits per heavy atom. The van der Waals surface area contributed by atoms with Crippen LogP contribution < -0.4 is 10.2 Å². The number of para-hydroxylation sites is 1. The Balaban J connectivity index is 1.48. The number of nitrogens with one attached hydrogen (secondary N) is 1. The lowest BCUT2D eigenvalue weighted by atomic mass is 10.2. The Kier molecular flexibility index (Phi) is 5.89. The zero-order valence-electron chi connectivity index (χ0n) is 16.6. The molecule has 2 aromatic carbocycles. The number of aromatic nitrogens is 2. The number of halogens is 1. The number of hydrogen-bond acceptors (Lipinski definition) is 5. The summed E-state index contributed by atoms with van der Waals surface area (Å²) in [5.41, 5.74) is 4.57. The van der Waals surface area contributed by atoms with Crippen molar-refractivity contribution in [2.24, 2.45) is 5.10 Å². The normalized spacial score (nSPS) is 12.1. The van der Waals surface area contributed by atoms with E-state index in [-0.39, 0.29) is 5.82 Å². The van der Waals surface area contributed by atoms with Crippen molar-refractivity contribution >= 4 is 12.1 Å². The Labute approximate surface area is 177 Å². The van der Waals surface area contributed by atoms with Gasteiger partial charge in [-0.05, 0) is 55.5 Å². The van der Waals surface area contributed by atoms with Crippen LogP contribution in [0.25, 0.3) is 17.1 Å². The van der Waals surface area contributed by atoms with Gasteiger partial charge in [0.15, 0.2) is 11.9 Å². The molecule has 1 atom stereocenters. The average molecular weight is 418 g/mol. The quantitative estimate of drug-likeness (QED) is 0.360. The van der Waals surface area contributed by atoms with Crippen LogP contribution in [0.4, 0.5) is 4.39 Å². The minimum atomic E-state index is -0.820. The maximum atomic E-state index is 13.0. The van der Waals surface area contributed by atoms with Crippen molar-refractivity contribution in [1.82, 2.24) is 15.2 Å². The lowest BCUT2D eigenvalue weighted by molar-refractivity contribution is -0.127. The van der Waals surface area contributed by atoms with Gasteiger partial charge >= 0.3 is 0 Å². The van der Waals surface area contributed by atoms with Crippen LogP contribution in [0.1, 0.15) is 12.5 Å².